The van der Waals surface area contributed by atoms with Crippen molar-refractivity contribution in [2.45, 2.75) is 32.2 Å². The van der Waals surface area contributed by atoms with Gasteiger partial charge in [0, 0.05) is 7.11 Å². The van der Waals surface area contributed by atoms with Gasteiger partial charge in [0.25, 0.3) is 0 Å². The summed E-state index contributed by atoms with van der Waals surface area (Å²) in [5, 5.41) is 12.4. The molecule has 0 heterocycles. The van der Waals surface area contributed by atoms with E-state index in [1.54, 1.807) is 12.1 Å². The van der Waals surface area contributed by atoms with Crippen LogP contribution in [0.1, 0.15) is 26.3 Å². The zero-order valence-electron chi connectivity index (χ0n) is 11.9. The van der Waals surface area contributed by atoms with Gasteiger partial charge in [-0.05, 0) is 23.1 Å². The van der Waals surface area contributed by atoms with Crippen molar-refractivity contribution < 1.29 is 14.6 Å². The number of carbonyl (C=O) groups excluding carboxylic acids is 1. The van der Waals surface area contributed by atoms with Crippen molar-refractivity contribution in [3.63, 3.8) is 0 Å². The number of rotatable bonds is 4. The summed E-state index contributed by atoms with van der Waals surface area (Å²) in [6.07, 6.45) is 0. The Morgan fingerprint density at radius 3 is 2.63 bits per heavy atom. The summed E-state index contributed by atoms with van der Waals surface area (Å²) in [7, 11) is 1.48. The molecule has 0 bridgehead atoms. The first-order chi connectivity index (χ1) is 8.75. The number of nitrogens with one attached hydrogen (secondary N) is 1. The molecule has 1 aromatic rings. The number of benzene rings is 1. The number of phenolic OH excluding ortho intramolecular Hbond substituents is 1. The van der Waals surface area contributed by atoms with Gasteiger partial charge in [-0.2, -0.15) is 0 Å². The first-order valence-electron chi connectivity index (χ1n) is 6.14. The van der Waals surface area contributed by atoms with Crippen LogP contribution in [0.15, 0.2) is 18.2 Å². The molecule has 0 radical (unpaired) electrons. The molecule has 1 unspecified atom stereocenters. The fraction of sp³-hybridized carbons (Fsp3) is 0.500. The number of nitrogens with two attached hydrogens (primary N) is 1. The maximum absolute atomic E-state index is 11.8. The third-order valence-corrected chi connectivity index (χ3v) is 2.80. The normalized spacial score (nSPS) is 13.1. The highest BCUT2D eigenvalue weighted by molar-refractivity contribution is 5.96. The Balaban J connectivity index is 2.92. The zero-order valence-corrected chi connectivity index (χ0v) is 11.9. The van der Waals surface area contributed by atoms with Gasteiger partial charge in [0.05, 0.1) is 12.3 Å². The number of ether oxygens (including phenoxy) is 1. The largest absolute Gasteiger partial charge is 0.506 e. The van der Waals surface area contributed by atoms with E-state index in [0.717, 1.165) is 5.56 Å². The molecule has 0 aliphatic heterocycles. The summed E-state index contributed by atoms with van der Waals surface area (Å²) in [5.41, 5.74) is 6.94. The van der Waals surface area contributed by atoms with Gasteiger partial charge in [-0.15, -0.1) is 0 Å². The fourth-order valence-corrected chi connectivity index (χ4v) is 1.58. The van der Waals surface area contributed by atoms with Crippen LogP contribution < -0.4 is 11.1 Å². The van der Waals surface area contributed by atoms with Gasteiger partial charge in [-0.3, -0.25) is 4.79 Å². The lowest BCUT2D eigenvalue weighted by atomic mass is 9.87. The van der Waals surface area contributed by atoms with Crippen LogP contribution in [0.2, 0.25) is 0 Å². The Labute approximate surface area is 113 Å². The maximum atomic E-state index is 11.8. The lowest BCUT2D eigenvalue weighted by molar-refractivity contribution is -0.118. The lowest BCUT2D eigenvalue weighted by Gasteiger charge is -2.21. The molecule has 0 aliphatic rings. The molecule has 4 N–H and O–H groups in total. The van der Waals surface area contributed by atoms with Crippen molar-refractivity contribution in [1.82, 2.24) is 0 Å². The average molecular weight is 266 g/mol. The number of phenols is 1. The minimum absolute atomic E-state index is 0.0194. The number of anilines is 1. The number of hydrogen-bond acceptors (Lipinski definition) is 4. The Kier molecular flexibility index (Phi) is 4.91. The molecule has 19 heavy (non-hydrogen) atoms. The molecule has 0 fully saturated rings. The number of hydrogen-bond donors (Lipinski definition) is 3. The summed E-state index contributed by atoms with van der Waals surface area (Å²) < 4.78 is 4.82. The van der Waals surface area contributed by atoms with Crippen LogP contribution in [-0.2, 0) is 14.9 Å². The molecule has 1 rings (SSSR count). The summed E-state index contributed by atoms with van der Waals surface area (Å²) in [4.78, 5) is 11.8. The van der Waals surface area contributed by atoms with Crippen LogP contribution in [0, 0.1) is 0 Å². The first-order valence-corrected chi connectivity index (χ1v) is 6.14. The van der Waals surface area contributed by atoms with Crippen molar-refractivity contribution in [2.75, 3.05) is 19.0 Å². The molecule has 0 saturated carbocycles. The first kappa shape index (κ1) is 15.5. The Bertz CT molecular complexity index is 452. The number of carbonyl (C=O) groups is 1. The SMILES string of the molecule is COCC(N)C(=O)Nc1cc(C(C)(C)C)ccc1O. The van der Waals surface area contributed by atoms with Crippen molar-refractivity contribution in [3.05, 3.63) is 23.8 Å². The second kappa shape index (κ2) is 6.04. The average Bonchev–Trinajstić information content (AvgIpc) is 2.30. The molecule has 0 spiro atoms. The Morgan fingerprint density at radius 1 is 1.47 bits per heavy atom. The molecule has 0 aromatic heterocycles. The third kappa shape index (κ3) is 4.22. The van der Waals surface area contributed by atoms with Crippen molar-refractivity contribution >= 4 is 11.6 Å². The molecular weight excluding hydrogens is 244 g/mol. The van der Waals surface area contributed by atoms with Crippen LogP contribution >= 0.6 is 0 Å². The third-order valence-electron chi connectivity index (χ3n) is 2.80. The molecule has 0 aliphatic carbocycles. The van der Waals surface area contributed by atoms with E-state index < -0.39 is 6.04 Å². The van der Waals surface area contributed by atoms with Gasteiger partial charge in [-0.25, -0.2) is 0 Å². The topological polar surface area (TPSA) is 84.6 Å². The minimum atomic E-state index is -0.761. The minimum Gasteiger partial charge on any atom is -0.506 e. The van der Waals surface area contributed by atoms with Gasteiger partial charge in [0.15, 0.2) is 0 Å². The number of amides is 1. The number of methoxy groups -OCH3 is 1. The standard InChI is InChI=1S/C14H22N2O3/c1-14(2,3)9-5-6-12(17)11(7-9)16-13(18)10(15)8-19-4/h5-7,10,17H,8,15H2,1-4H3,(H,16,18). The van der Waals surface area contributed by atoms with Crippen LogP contribution in [0.25, 0.3) is 0 Å². The van der Waals surface area contributed by atoms with E-state index in [-0.39, 0.29) is 23.7 Å². The highest BCUT2D eigenvalue weighted by Gasteiger charge is 2.18. The summed E-state index contributed by atoms with van der Waals surface area (Å²) in [6, 6.07) is 4.40. The van der Waals surface area contributed by atoms with E-state index in [1.165, 1.54) is 7.11 Å². The zero-order chi connectivity index (χ0) is 14.6. The smallest absolute Gasteiger partial charge is 0.243 e. The highest BCUT2D eigenvalue weighted by atomic mass is 16.5. The van der Waals surface area contributed by atoms with Gasteiger partial charge in [0.2, 0.25) is 5.91 Å². The van der Waals surface area contributed by atoms with E-state index >= 15 is 0 Å². The van der Waals surface area contributed by atoms with E-state index in [0.29, 0.717) is 5.69 Å². The van der Waals surface area contributed by atoms with Crippen molar-refractivity contribution in [3.8, 4) is 5.75 Å². The van der Waals surface area contributed by atoms with Crippen LogP contribution in [-0.4, -0.2) is 30.8 Å². The summed E-state index contributed by atoms with van der Waals surface area (Å²) in [5.74, 6) is -0.367. The molecule has 1 aromatic carbocycles. The van der Waals surface area contributed by atoms with Crippen LogP contribution in [0.5, 0.6) is 5.75 Å². The monoisotopic (exact) mass is 266 g/mol. The van der Waals surface area contributed by atoms with Crippen LogP contribution in [0.3, 0.4) is 0 Å². The summed E-state index contributed by atoms with van der Waals surface area (Å²) in [6.45, 7) is 6.30. The predicted molar refractivity (Wildman–Crippen MR) is 75.3 cm³/mol. The maximum Gasteiger partial charge on any atom is 0.243 e. The van der Waals surface area contributed by atoms with Gasteiger partial charge < -0.3 is 20.9 Å². The quantitative estimate of drug-likeness (QED) is 0.723. The van der Waals surface area contributed by atoms with E-state index in [9.17, 15) is 9.90 Å². The molecule has 106 valence electrons. The van der Waals surface area contributed by atoms with Gasteiger partial charge in [-0.1, -0.05) is 26.8 Å². The molecule has 5 heteroatoms. The Morgan fingerprint density at radius 2 is 2.11 bits per heavy atom. The van der Waals surface area contributed by atoms with Crippen molar-refractivity contribution in [1.29, 1.82) is 0 Å². The highest BCUT2D eigenvalue weighted by Crippen LogP contribution is 2.30. The Hall–Kier alpha value is -1.59. The molecule has 5 nitrogen and oxygen atoms in total. The van der Waals surface area contributed by atoms with E-state index in [1.807, 2.05) is 6.07 Å². The molecular formula is C14H22N2O3. The van der Waals surface area contributed by atoms with Gasteiger partial charge in [0.1, 0.15) is 11.8 Å². The molecule has 1 amide bonds. The van der Waals surface area contributed by atoms with Crippen LogP contribution in [0.4, 0.5) is 5.69 Å². The second-order valence-corrected chi connectivity index (χ2v) is 5.53. The van der Waals surface area contributed by atoms with E-state index in [4.69, 9.17) is 10.5 Å². The predicted octanol–water partition coefficient (Wildman–Crippen LogP) is 1.60. The van der Waals surface area contributed by atoms with Gasteiger partial charge >= 0.3 is 0 Å². The lowest BCUT2D eigenvalue weighted by Crippen LogP contribution is -2.39. The fourth-order valence-electron chi connectivity index (χ4n) is 1.58. The number of aromatic hydroxyl groups is 1. The molecule has 0 saturated heterocycles. The summed E-state index contributed by atoms with van der Waals surface area (Å²) >= 11 is 0. The van der Waals surface area contributed by atoms with E-state index in [2.05, 4.69) is 26.1 Å². The van der Waals surface area contributed by atoms with Crippen molar-refractivity contribution in [2.24, 2.45) is 5.73 Å². The second-order valence-electron chi connectivity index (χ2n) is 5.53. The molecule has 1 atom stereocenters.